The highest BCUT2D eigenvalue weighted by Gasteiger charge is 2.20. The van der Waals surface area contributed by atoms with Crippen molar-refractivity contribution in [2.45, 2.75) is 12.8 Å². The Labute approximate surface area is 142 Å². The van der Waals surface area contributed by atoms with E-state index in [9.17, 15) is 18.4 Å². The number of halogens is 3. The fraction of sp³-hybridized carbons (Fsp3) is 0.176. The molecule has 24 heavy (non-hydrogen) atoms. The molecule has 4 nitrogen and oxygen atoms in total. The van der Waals surface area contributed by atoms with Gasteiger partial charge in [-0.25, -0.2) is 8.78 Å². The van der Waals surface area contributed by atoms with Gasteiger partial charge in [-0.15, -0.1) is 0 Å². The third-order valence-corrected chi connectivity index (χ3v) is 3.76. The van der Waals surface area contributed by atoms with Crippen LogP contribution in [0.1, 0.15) is 12.0 Å². The lowest BCUT2D eigenvalue weighted by molar-refractivity contribution is -0.118. The van der Waals surface area contributed by atoms with Crippen LogP contribution in [0.5, 0.6) is 0 Å². The maximum atomic E-state index is 13.9. The average Bonchev–Trinajstić information content (AvgIpc) is 2.52. The molecule has 0 heterocycles. The zero-order chi connectivity index (χ0) is 17.7. The lowest BCUT2D eigenvalue weighted by atomic mass is 10.1. The number of benzene rings is 2. The molecule has 0 aliphatic rings. The highest BCUT2D eigenvalue weighted by atomic mass is 35.5. The quantitative estimate of drug-likeness (QED) is 0.868. The van der Waals surface area contributed by atoms with E-state index < -0.39 is 23.4 Å². The van der Waals surface area contributed by atoms with Crippen molar-refractivity contribution in [2.75, 3.05) is 11.4 Å². The predicted octanol–water partition coefficient (Wildman–Crippen LogP) is 3.07. The third-order valence-electron chi connectivity index (χ3n) is 3.41. The number of nitrogens with zero attached hydrogens (tertiary/aromatic N) is 1. The Balaban J connectivity index is 2.27. The van der Waals surface area contributed by atoms with Crippen molar-refractivity contribution >= 4 is 29.1 Å². The van der Waals surface area contributed by atoms with Crippen LogP contribution in [0.4, 0.5) is 14.5 Å². The fourth-order valence-corrected chi connectivity index (χ4v) is 2.42. The standard InChI is InChI=1S/C17H15ClF2N2O2/c18-14-2-1-3-15(20)13(14)10-17(24)22(9-8-16(21)23)12-6-4-11(19)5-7-12/h1-7H,8-10H2,(H2,21,23). The molecule has 0 fully saturated rings. The Kier molecular flexibility index (Phi) is 5.87. The minimum atomic E-state index is -0.593. The van der Waals surface area contributed by atoms with Crippen molar-refractivity contribution in [1.29, 1.82) is 0 Å². The number of hydrogen-bond donors (Lipinski definition) is 1. The number of primary amides is 1. The fourth-order valence-electron chi connectivity index (χ4n) is 2.19. The molecule has 0 aliphatic carbocycles. The Morgan fingerprint density at radius 1 is 1.08 bits per heavy atom. The molecule has 0 spiro atoms. The monoisotopic (exact) mass is 352 g/mol. The molecule has 0 saturated carbocycles. The lowest BCUT2D eigenvalue weighted by Crippen LogP contribution is -2.35. The normalized spacial score (nSPS) is 10.5. The lowest BCUT2D eigenvalue weighted by Gasteiger charge is -2.23. The van der Waals surface area contributed by atoms with E-state index >= 15 is 0 Å². The number of rotatable bonds is 6. The average molecular weight is 353 g/mol. The first-order valence-corrected chi connectivity index (χ1v) is 7.53. The highest BCUT2D eigenvalue weighted by molar-refractivity contribution is 6.31. The van der Waals surface area contributed by atoms with Gasteiger partial charge in [0.1, 0.15) is 11.6 Å². The van der Waals surface area contributed by atoms with Crippen LogP contribution in [-0.4, -0.2) is 18.4 Å². The zero-order valence-corrected chi connectivity index (χ0v) is 13.4. The first-order chi connectivity index (χ1) is 11.4. The minimum Gasteiger partial charge on any atom is -0.370 e. The molecule has 2 rings (SSSR count). The van der Waals surface area contributed by atoms with Gasteiger partial charge in [0.25, 0.3) is 0 Å². The Morgan fingerprint density at radius 2 is 1.75 bits per heavy atom. The van der Waals surface area contributed by atoms with Crippen LogP contribution < -0.4 is 10.6 Å². The zero-order valence-electron chi connectivity index (χ0n) is 12.6. The van der Waals surface area contributed by atoms with Crippen LogP contribution in [0.15, 0.2) is 42.5 Å². The van der Waals surface area contributed by atoms with Gasteiger partial charge in [0.05, 0.1) is 6.42 Å². The molecule has 2 aromatic carbocycles. The number of carbonyl (C=O) groups excluding carboxylic acids is 2. The van der Waals surface area contributed by atoms with Gasteiger partial charge in [-0.05, 0) is 36.4 Å². The van der Waals surface area contributed by atoms with E-state index in [2.05, 4.69) is 0 Å². The summed E-state index contributed by atoms with van der Waals surface area (Å²) < 4.78 is 26.9. The molecule has 0 saturated heterocycles. The Hall–Kier alpha value is -2.47. The van der Waals surface area contributed by atoms with E-state index in [1.807, 2.05) is 0 Å². The number of hydrogen-bond acceptors (Lipinski definition) is 2. The molecule has 2 aromatic rings. The molecule has 0 radical (unpaired) electrons. The van der Waals surface area contributed by atoms with Gasteiger partial charge in [-0.2, -0.15) is 0 Å². The van der Waals surface area contributed by atoms with Crippen LogP contribution in [0.3, 0.4) is 0 Å². The summed E-state index contributed by atoms with van der Waals surface area (Å²) in [6, 6.07) is 9.32. The molecule has 0 atom stereocenters. The van der Waals surface area contributed by atoms with Crippen LogP contribution in [0.25, 0.3) is 0 Å². The number of nitrogens with two attached hydrogens (primary N) is 1. The van der Waals surface area contributed by atoms with Gasteiger partial charge in [0.15, 0.2) is 0 Å². The SMILES string of the molecule is NC(=O)CCN(C(=O)Cc1c(F)cccc1Cl)c1ccc(F)cc1. The van der Waals surface area contributed by atoms with E-state index in [4.69, 9.17) is 17.3 Å². The van der Waals surface area contributed by atoms with Gasteiger partial charge in [0.2, 0.25) is 11.8 Å². The second-order valence-corrected chi connectivity index (χ2v) is 5.52. The largest absolute Gasteiger partial charge is 0.370 e. The maximum Gasteiger partial charge on any atom is 0.231 e. The molecular weight excluding hydrogens is 338 g/mol. The number of anilines is 1. The predicted molar refractivity (Wildman–Crippen MR) is 87.7 cm³/mol. The summed E-state index contributed by atoms with van der Waals surface area (Å²) in [5.41, 5.74) is 5.58. The second-order valence-electron chi connectivity index (χ2n) is 5.12. The van der Waals surface area contributed by atoms with E-state index in [1.54, 1.807) is 0 Å². The number of amides is 2. The molecule has 0 aromatic heterocycles. The summed E-state index contributed by atoms with van der Waals surface area (Å²) in [6.45, 7) is 0.00582. The Morgan fingerprint density at radius 3 is 2.33 bits per heavy atom. The summed E-state index contributed by atoms with van der Waals surface area (Å²) >= 11 is 5.94. The van der Waals surface area contributed by atoms with Crippen molar-refractivity contribution in [3.63, 3.8) is 0 Å². The third kappa shape index (κ3) is 4.52. The van der Waals surface area contributed by atoms with Gasteiger partial charge in [0, 0.05) is 29.2 Å². The van der Waals surface area contributed by atoms with Crippen molar-refractivity contribution in [1.82, 2.24) is 0 Å². The van der Waals surface area contributed by atoms with E-state index in [0.717, 1.165) is 0 Å². The highest BCUT2D eigenvalue weighted by Crippen LogP contribution is 2.22. The topological polar surface area (TPSA) is 63.4 Å². The molecule has 2 N–H and O–H groups in total. The molecule has 7 heteroatoms. The Bertz CT molecular complexity index is 731. The van der Waals surface area contributed by atoms with Gasteiger partial charge < -0.3 is 10.6 Å². The van der Waals surface area contributed by atoms with Gasteiger partial charge in [-0.1, -0.05) is 17.7 Å². The molecule has 126 valence electrons. The molecule has 0 unspecified atom stereocenters. The van der Waals surface area contributed by atoms with Gasteiger partial charge >= 0.3 is 0 Å². The van der Waals surface area contributed by atoms with Crippen molar-refractivity contribution in [3.8, 4) is 0 Å². The summed E-state index contributed by atoms with van der Waals surface area (Å²) in [4.78, 5) is 24.8. The summed E-state index contributed by atoms with van der Waals surface area (Å²) in [7, 11) is 0. The van der Waals surface area contributed by atoms with E-state index in [-0.39, 0.29) is 30.0 Å². The van der Waals surface area contributed by atoms with E-state index in [1.165, 1.54) is 47.4 Å². The van der Waals surface area contributed by atoms with Crippen molar-refractivity contribution < 1.29 is 18.4 Å². The van der Waals surface area contributed by atoms with E-state index in [0.29, 0.717) is 5.69 Å². The number of carbonyl (C=O) groups is 2. The molecule has 0 bridgehead atoms. The molecule has 0 aliphatic heterocycles. The summed E-state index contributed by atoms with van der Waals surface area (Å²) in [5.74, 6) is -2.11. The summed E-state index contributed by atoms with van der Waals surface area (Å²) in [6.07, 6.45) is -0.365. The van der Waals surface area contributed by atoms with Crippen LogP contribution in [0, 0.1) is 11.6 Å². The van der Waals surface area contributed by atoms with Crippen molar-refractivity contribution in [3.05, 3.63) is 64.7 Å². The van der Waals surface area contributed by atoms with Crippen LogP contribution >= 0.6 is 11.6 Å². The second kappa shape index (κ2) is 7.88. The smallest absolute Gasteiger partial charge is 0.231 e. The van der Waals surface area contributed by atoms with Crippen LogP contribution in [0.2, 0.25) is 5.02 Å². The maximum absolute atomic E-state index is 13.9. The molecular formula is C17H15ClF2N2O2. The van der Waals surface area contributed by atoms with Crippen molar-refractivity contribution in [2.24, 2.45) is 5.73 Å². The van der Waals surface area contributed by atoms with Gasteiger partial charge in [-0.3, -0.25) is 9.59 Å². The minimum absolute atomic E-state index is 0.00582. The first-order valence-electron chi connectivity index (χ1n) is 7.15. The van der Waals surface area contributed by atoms with Crippen LogP contribution in [-0.2, 0) is 16.0 Å². The first kappa shape index (κ1) is 17.9. The summed E-state index contributed by atoms with van der Waals surface area (Å²) in [5, 5.41) is 0.136. The molecule has 2 amide bonds.